The van der Waals surface area contributed by atoms with Crippen LogP contribution < -0.4 is 5.73 Å². The molecular weight excluding hydrogens is 230 g/mol. The van der Waals surface area contributed by atoms with Gasteiger partial charge < -0.3 is 20.3 Å². The number of carbonyl (C=O) groups excluding carboxylic acids is 1. The van der Waals surface area contributed by atoms with Crippen molar-refractivity contribution in [2.24, 2.45) is 11.7 Å². The van der Waals surface area contributed by atoms with Crippen LogP contribution in [0.25, 0.3) is 0 Å². The summed E-state index contributed by atoms with van der Waals surface area (Å²) in [6.45, 7) is 6.99. The second-order valence-corrected chi connectivity index (χ2v) is 5.29. The third-order valence-corrected chi connectivity index (χ3v) is 3.93. The van der Waals surface area contributed by atoms with Gasteiger partial charge in [-0.2, -0.15) is 0 Å². The largest absolute Gasteiger partial charge is 0.378 e. The van der Waals surface area contributed by atoms with Gasteiger partial charge in [0.05, 0.1) is 13.2 Å². The number of carbonyl (C=O) groups is 1. The highest BCUT2D eigenvalue weighted by Gasteiger charge is 2.21. The van der Waals surface area contributed by atoms with Gasteiger partial charge in [0, 0.05) is 26.1 Å². The normalized spacial score (nSPS) is 25.6. The number of rotatable bonds is 5. The summed E-state index contributed by atoms with van der Waals surface area (Å²) in [6.07, 6.45) is 2.85. The lowest BCUT2D eigenvalue weighted by Gasteiger charge is -2.27. The maximum absolute atomic E-state index is 11.9. The van der Waals surface area contributed by atoms with Crippen molar-refractivity contribution in [2.75, 3.05) is 52.5 Å². The molecule has 104 valence electrons. The number of hydrogen-bond acceptors (Lipinski definition) is 4. The van der Waals surface area contributed by atoms with Crippen LogP contribution in [-0.2, 0) is 9.53 Å². The molecule has 0 aromatic rings. The lowest BCUT2D eigenvalue weighted by molar-refractivity contribution is -0.135. The van der Waals surface area contributed by atoms with Gasteiger partial charge in [0.2, 0.25) is 5.91 Å². The van der Waals surface area contributed by atoms with E-state index in [0.29, 0.717) is 25.6 Å². The number of amides is 1. The lowest BCUT2D eigenvalue weighted by Crippen LogP contribution is -2.40. The minimum absolute atomic E-state index is 0.285. The summed E-state index contributed by atoms with van der Waals surface area (Å²) in [5.74, 6) is 0.952. The Morgan fingerprint density at radius 3 is 2.72 bits per heavy atom. The SMILES string of the molecule is NCC1CCN(CCCC(=O)N2CCOCC2)C1. The van der Waals surface area contributed by atoms with Crippen LogP contribution >= 0.6 is 0 Å². The predicted molar refractivity (Wildman–Crippen MR) is 70.2 cm³/mol. The summed E-state index contributed by atoms with van der Waals surface area (Å²) in [4.78, 5) is 16.3. The van der Waals surface area contributed by atoms with Gasteiger partial charge in [0.15, 0.2) is 0 Å². The van der Waals surface area contributed by atoms with Crippen molar-refractivity contribution in [1.29, 1.82) is 0 Å². The molecule has 1 amide bonds. The van der Waals surface area contributed by atoms with E-state index in [4.69, 9.17) is 10.5 Å². The van der Waals surface area contributed by atoms with Crippen LogP contribution in [0.2, 0.25) is 0 Å². The Balaban J connectivity index is 1.58. The molecule has 2 heterocycles. The number of hydrogen-bond donors (Lipinski definition) is 1. The molecule has 5 nitrogen and oxygen atoms in total. The van der Waals surface area contributed by atoms with Crippen molar-refractivity contribution in [2.45, 2.75) is 19.3 Å². The Hall–Kier alpha value is -0.650. The Labute approximate surface area is 109 Å². The zero-order chi connectivity index (χ0) is 12.8. The van der Waals surface area contributed by atoms with Crippen LogP contribution in [0.4, 0.5) is 0 Å². The van der Waals surface area contributed by atoms with Gasteiger partial charge in [-0.25, -0.2) is 0 Å². The molecule has 0 saturated carbocycles. The zero-order valence-electron chi connectivity index (χ0n) is 11.1. The highest BCUT2D eigenvalue weighted by Crippen LogP contribution is 2.15. The number of likely N-dealkylation sites (tertiary alicyclic amines) is 1. The smallest absolute Gasteiger partial charge is 0.222 e. The average molecular weight is 255 g/mol. The second-order valence-electron chi connectivity index (χ2n) is 5.29. The molecular formula is C13H25N3O2. The number of ether oxygens (including phenoxy) is 1. The summed E-state index contributed by atoms with van der Waals surface area (Å²) in [5, 5.41) is 0. The Kier molecular flexibility index (Phi) is 5.41. The predicted octanol–water partition coefficient (Wildman–Crippen LogP) is -0.0940. The van der Waals surface area contributed by atoms with E-state index in [9.17, 15) is 4.79 Å². The van der Waals surface area contributed by atoms with Crippen molar-refractivity contribution in [3.8, 4) is 0 Å². The summed E-state index contributed by atoms with van der Waals surface area (Å²) < 4.78 is 5.25. The first-order chi connectivity index (χ1) is 8.79. The molecule has 0 aromatic heterocycles. The van der Waals surface area contributed by atoms with E-state index in [0.717, 1.165) is 45.7 Å². The molecule has 2 aliphatic rings. The van der Waals surface area contributed by atoms with Gasteiger partial charge in [-0.05, 0) is 38.4 Å². The van der Waals surface area contributed by atoms with Gasteiger partial charge in [-0.3, -0.25) is 4.79 Å². The lowest BCUT2D eigenvalue weighted by atomic mass is 10.1. The van der Waals surface area contributed by atoms with E-state index in [2.05, 4.69) is 4.90 Å². The van der Waals surface area contributed by atoms with Crippen LogP contribution in [0.1, 0.15) is 19.3 Å². The Morgan fingerprint density at radius 1 is 1.28 bits per heavy atom. The minimum Gasteiger partial charge on any atom is -0.378 e. The molecule has 2 N–H and O–H groups in total. The maximum atomic E-state index is 11.9. The molecule has 2 rings (SSSR count). The quantitative estimate of drug-likeness (QED) is 0.746. The first kappa shape index (κ1) is 13.8. The highest BCUT2D eigenvalue weighted by molar-refractivity contribution is 5.76. The number of nitrogens with two attached hydrogens (primary N) is 1. The first-order valence-corrected chi connectivity index (χ1v) is 7.07. The first-order valence-electron chi connectivity index (χ1n) is 7.07. The molecule has 0 aliphatic carbocycles. The third kappa shape index (κ3) is 3.93. The standard InChI is InChI=1S/C13H25N3O2/c14-10-12-3-5-15(11-12)4-1-2-13(17)16-6-8-18-9-7-16/h12H,1-11,14H2. The molecule has 0 radical (unpaired) electrons. The Bertz CT molecular complexity index is 267. The molecule has 2 fully saturated rings. The van der Waals surface area contributed by atoms with Crippen molar-refractivity contribution >= 4 is 5.91 Å². The fraction of sp³-hybridized carbons (Fsp3) is 0.923. The summed E-state index contributed by atoms with van der Waals surface area (Å²) in [5.41, 5.74) is 5.67. The van der Waals surface area contributed by atoms with Crippen molar-refractivity contribution in [1.82, 2.24) is 9.80 Å². The summed E-state index contributed by atoms with van der Waals surface area (Å²) >= 11 is 0. The van der Waals surface area contributed by atoms with Crippen molar-refractivity contribution in [3.63, 3.8) is 0 Å². The van der Waals surface area contributed by atoms with Crippen molar-refractivity contribution < 1.29 is 9.53 Å². The molecule has 18 heavy (non-hydrogen) atoms. The number of nitrogens with zero attached hydrogens (tertiary/aromatic N) is 2. The Morgan fingerprint density at radius 2 is 2.06 bits per heavy atom. The molecule has 0 spiro atoms. The molecule has 1 unspecified atom stereocenters. The monoisotopic (exact) mass is 255 g/mol. The van der Waals surface area contributed by atoms with Crippen LogP contribution in [0.5, 0.6) is 0 Å². The molecule has 1 atom stereocenters. The molecule has 5 heteroatoms. The number of morpholine rings is 1. The topological polar surface area (TPSA) is 58.8 Å². The minimum atomic E-state index is 0.285. The van der Waals surface area contributed by atoms with E-state index in [1.165, 1.54) is 6.42 Å². The molecule has 0 aromatic carbocycles. The van der Waals surface area contributed by atoms with Gasteiger partial charge in [0.1, 0.15) is 0 Å². The van der Waals surface area contributed by atoms with Gasteiger partial charge >= 0.3 is 0 Å². The van der Waals surface area contributed by atoms with E-state index < -0.39 is 0 Å². The van der Waals surface area contributed by atoms with Gasteiger partial charge in [0.25, 0.3) is 0 Å². The third-order valence-electron chi connectivity index (χ3n) is 3.93. The van der Waals surface area contributed by atoms with Gasteiger partial charge in [-0.15, -0.1) is 0 Å². The zero-order valence-corrected chi connectivity index (χ0v) is 11.1. The van der Waals surface area contributed by atoms with Gasteiger partial charge in [-0.1, -0.05) is 0 Å². The fourth-order valence-corrected chi connectivity index (χ4v) is 2.73. The molecule has 2 aliphatic heterocycles. The highest BCUT2D eigenvalue weighted by atomic mass is 16.5. The van der Waals surface area contributed by atoms with Crippen LogP contribution in [-0.4, -0.2) is 68.2 Å². The maximum Gasteiger partial charge on any atom is 0.222 e. The average Bonchev–Trinajstić information content (AvgIpc) is 2.87. The van der Waals surface area contributed by atoms with E-state index >= 15 is 0 Å². The summed E-state index contributed by atoms with van der Waals surface area (Å²) in [7, 11) is 0. The summed E-state index contributed by atoms with van der Waals surface area (Å²) in [6, 6.07) is 0. The molecule has 0 bridgehead atoms. The van der Waals surface area contributed by atoms with E-state index in [1.807, 2.05) is 4.90 Å². The van der Waals surface area contributed by atoms with Crippen LogP contribution in [0, 0.1) is 5.92 Å². The van der Waals surface area contributed by atoms with Crippen LogP contribution in [0.15, 0.2) is 0 Å². The van der Waals surface area contributed by atoms with Crippen LogP contribution in [0.3, 0.4) is 0 Å². The fourth-order valence-electron chi connectivity index (χ4n) is 2.73. The second kappa shape index (κ2) is 7.07. The van der Waals surface area contributed by atoms with E-state index in [1.54, 1.807) is 0 Å². The van der Waals surface area contributed by atoms with Crippen molar-refractivity contribution in [3.05, 3.63) is 0 Å². The van der Waals surface area contributed by atoms with E-state index in [-0.39, 0.29) is 5.91 Å². The molecule has 2 saturated heterocycles.